The van der Waals surface area contributed by atoms with Gasteiger partial charge in [-0.15, -0.1) is 0 Å². The molecule has 104 valence electrons. The molecule has 1 heterocycles. The maximum absolute atomic E-state index is 5.84. The zero-order valence-electron chi connectivity index (χ0n) is 12.1. The van der Waals surface area contributed by atoms with Crippen molar-refractivity contribution in [3.05, 3.63) is 102 Å². The summed E-state index contributed by atoms with van der Waals surface area (Å²) < 4.78 is 5.84. The van der Waals surface area contributed by atoms with E-state index >= 15 is 0 Å². The summed E-state index contributed by atoms with van der Waals surface area (Å²) in [6, 6.07) is 24.8. The van der Waals surface area contributed by atoms with Gasteiger partial charge in [-0.25, -0.2) is 0 Å². The van der Waals surface area contributed by atoms with Gasteiger partial charge in [0.2, 0.25) is 0 Å². The van der Waals surface area contributed by atoms with Gasteiger partial charge in [-0.2, -0.15) is 0 Å². The van der Waals surface area contributed by atoms with E-state index < -0.39 is 0 Å². The van der Waals surface area contributed by atoms with Crippen LogP contribution in [-0.2, 0) is 0 Å². The fourth-order valence-corrected chi connectivity index (χ4v) is 2.42. The summed E-state index contributed by atoms with van der Waals surface area (Å²) in [6.45, 7) is 1.98. The maximum Gasteiger partial charge on any atom is 0.115 e. The molecular formula is C20H18O. The van der Waals surface area contributed by atoms with Crippen molar-refractivity contribution in [2.24, 2.45) is 0 Å². The average Bonchev–Trinajstić information content (AvgIpc) is 2.96. The van der Waals surface area contributed by atoms with Crippen LogP contribution in [0.5, 0.6) is 0 Å². The van der Waals surface area contributed by atoms with Crippen LogP contribution in [0, 0.1) is 6.92 Å². The highest BCUT2D eigenvalue weighted by Crippen LogP contribution is 2.28. The molecule has 1 atom stereocenters. The number of aryl methyl sites for hydroxylation is 1. The fourth-order valence-electron chi connectivity index (χ4n) is 2.42. The van der Waals surface area contributed by atoms with Crippen molar-refractivity contribution in [1.29, 1.82) is 0 Å². The van der Waals surface area contributed by atoms with Gasteiger partial charge in [0.25, 0.3) is 0 Å². The van der Waals surface area contributed by atoms with Gasteiger partial charge in [-0.3, -0.25) is 0 Å². The van der Waals surface area contributed by atoms with Crippen molar-refractivity contribution >= 4 is 6.08 Å². The third-order valence-electron chi connectivity index (χ3n) is 3.51. The van der Waals surface area contributed by atoms with Crippen LogP contribution in [0.1, 0.15) is 28.6 Å². The lowest BCUT2D eigenvalue weighted by molar-refractivity contribution is 0.481. The van der Waals surface area contributed by atoms with Gasteiger partial charge in [0, 0.05) is 0 Å². The van der Waals surface area contributed by atoms with Crippen LogP contribution in [0.3, 0.4) is 0 Å². The van der Waals surface area contributed by atoms with Gasteiger partial charge in [-0.1, -0.05) is 72.8 Å². The lowest BCUT2D eigenvalue weighted by Crippen LogP contribution is -1.95. The smallest absolute Gasteiger partial charge is 0.115 e. The molecule has 2 aromatic carbocycles. The molecule has 0 aliphatic heterocycles. The number of allylic oxidation sites excluding steroid dienone is 1. The summed E-state index contributed by atoms with van der Waals surface area (Å²) in [7, 11) is 0. The molecule has 1 heteroatoms. The van der Waals surface area contributed by atoms with Crippen LogP contribution in [-0.4, -0.2) is 0 Å². The summed E-state index contributed by atoms with van der Waals surface area (Å²) in [5.74, 6) is 2.06. The summed E-state index contributed by atoms with van der Waals surface area (Å²) in [4.78, 5) is 0. The Kier molecular flexibility index (Phi) is 4.02. The highest BCUT2D eigenvalue weighted by molar-refractivity contribution is 5.52. The Morgan fingerprint density at radius 2 is 1.48 bits per heavy atom. The maximum atomic E-state index is 5.84. The Bertz CT molecular complexity index is 708. The molecule has 1 nitrogen and oxygen atoms in total. The molecule has 21 heavy (non-hydrogen) atoms. The molecule has 0 aliphatic carbocycles. The van der Waals surface area contributed by atoms with Crippen LogP contribution in [0.2, 0.25) is 0 Å². The first-order chi connectivity index (χ1) is 10.3. The molecular weight excluding hydrogens is 256 g/mol. The minimum atomic E-state index is 0.139. The van der Waals surface area contributed by atoms with E-state index in [-0.39, 0.29) is 5.92 Å². The second-order valence-electron chi connectivity index (χ2n) is 5.11. The monoisotopic (exact) mass is 274 g/mol. The predicted molar refractivity (Wildman–Crippen MR) is 87.2 cm³/mol. The van der Waals surface area contributed by atoms with Crippen LogP contribution < -0.4 is 0 Å². The summed E-state index contributed by atoms with van der Waals surface area (Å²) >= 11 is 0. The van der Waals surface area contributed by atoms with Gasteiger partial charge >= 0.3 is 0 Å². The third-order valence-corrected chi connectivity index (χ3v) is 3.51. The number of rotatable bonds is 4. The summed E-state index contributed by atoms with van der Waals surface area (Å²) in [5.41, 5.74) is 2.43. The van der Waals surface area contributed by atoms with E-state index in [1.807, 2.05) is 37.3 Å². The summed E-state index contributed by atoms with van der Waals surface area (Å²) in [5, 5.41) is 0. The van der Waals surface area contributed by atoms with E-state index in [0.29, 0.717) is 0 Å². The Morgan fingerprint density at radius 1 is 0.810 bits per heavy atom. The molecule has 0 amide bonds. The molecule has 0 fully saturated rings. The number of hydrogen-bond acceptors (Lipinski definition) is 1. The first-order valence-corrected chi connectivity index (χ1v) is 7.17. The van der Waals surface area contributed by atoms with Crippen molar-refractivity contribution in [3.8, 4) is 0 Å². The normalized spacial score (nSPS) is 12.6. The Hall–Kier alpha value is -2.54. The highest BCUT2D eigenvalue weighted by atomic mass is 16.3. The lowest BCUT2D eigenvalue weighted by Gasteiger charge is -2.10. The van der Waals surface area contributed by atoms with E-state index in [1.165, 1.54) is 11.1 Å². The molecule has 0 aliphatic rings. The Balaban J connectivity index is 1.95. The first-order valence-electron chi connectivity index (χ1n) is 7.17. The van der Waals surface area contributed by atoms with Crippen molar-refractivity contribution in [2.75, 3.05) is 0 Å². The predicted octanol–water partition coefficient (Wildman–Crippen LogP) is 5.43. The van der Waals surface area contributed by atoms with E-state index in [4.69, 9.17) is 4.42 Å². The molecule has 0 N–H and O–H groups in total. The highest BCUT2D eigenvalue weighted by Gasteiger charge is 2.14. The molecule has 0 radical (unpaired) electrons. The molecule has 0 spiro atoms. The SMILES string of the molecule is Cc1ccc(C(/C=C/c2ccccc2)c2ccccc2)o1. The van der Waals surface area contributed by atoms with Crippen molar-refractivity contribution in [3.63, 3.8) is 0 Å². The van der Waals surface area contributed by atoms with Crippen LogP contribution in [0.4, 0.5) is 0 Å². The van der Waals surface area contributed by atoms with Crippen LogP contribution >= 0.6 is 0 Å². The molecule has 0 saturated carbocycles. The number of furan rings is 1. The average molecular weight is 274 g/mol. The fraction of sp³-hybridized carbons (Fsp3) is 0.100. The van der Waals surface area contributed by atoms with E-state index in [0.717, 1.165) is 11.5 Å². The molecule has 3 rings (SSSR count). The second kappa shape index (κ2) is 6.27. The van der Waals surface area contributed by atoms with Crippen molar-refractivity contribution < 1.29 is 4.42 Å². The van der Waals surface area contributed by atoms with E-state index in [1.54, 1.807) is 0 Å². The van der Waals surface area contributed by atoms with E-state index in [2.05, 4.69) is 54.6 Å². The van der Waals surface area contributed by atoms with Crippen molar-refractivity contribution in [1.82, 2.24) is 0 Å². The molecule has 0 saturated heterocycles. The van der Waals surface area contributed by atoms with E-state index in [9.17, 15) is 0 Å². The van der Waals surface area contributed by atoms with Gasteiger partial charge in [0.15, 0.2) is 0 Å². The standard InChI is InChI=1S/C20H18O/c1-16-12-15-20(21-16)19(18-10-6-3-7-11-18)14-13-17-8-4-2-5-9-17/h2-15,19H,1H3/b14-13+. The molecule has 1 unspecified atom stereocenters. The number of benzene rings is 2. The van der Waals surface area contributed by atoms with Gasteiger partial charge in [-0.05, 0) is 30.2 Å². The molecule has 0 bridgehead atoms. The lowest BCUT2D eigenvalue weighted by atomic mass is 9.95. The van der Waals surface area contributed by atoms with Crippen LogP contribution in [0.25, 0.3) is 6.08 Å². The molecule has 1 aromatic heterocycles. The van der Waals surface area contributed by atoms with Crippen LogP contribution in [0.15, 0.2) is 83.3 Å². The molecule has 3 aromatic rings. The zero-order valence-corrected chi connectivity index (χ0v) is 12.1. The summed E-state index contributed by atoms with van der Waals surface area (Å²) in [6.07, 6.45) is 4.35. The topological polar surface area (TPSA) is 13.1 Å². The third kappa shape index (κ3) is 3.32. The van der Waals surface area contributed by atoms with Gasteiger partial charge in [0.1, 0.15) is 11.5 Å². The zero-order chi connectivity index (χ0) is 14.5. The Labute approximate surface area is 125 Å². The minimum Gasteiger partial charge on any atom is -0.465 e. The number of hydrogen-bond donors (Lipinski definition) is 0. The Morgan fingerprint density at radius 3 is 2.10 bits per heavy atom. The van der Waals surface area contributed by atoms with Gasteiger partial charge < -0.3 is 4.42 Å². The second-order valence-corrected chi connectivity index (χ2v) is 5.11. The quantitative estimate of drug-likeness (QED) is 0.618. The van der Waals surface area contributed by atoms with Gasteiger partial charge in [0.05, 0.1) is 5.92 Å². The minimum absolute atomic E-state index is 0.139. The first kappa shape index (κ1) is 13.4. The van der Waals surface area contributed by atoms with Crippen molar-refractivity contribution in [2.45, 2.75) is 12.8 Å². The largest absolute Gasteiger partial charge is 0.465 e.